The summed E-state index contributed by atoms with van der Waals surface area (Å²) in [5.41, 5.74) is 2.58. The Kier molecular flexibility index (Phi) is 6.98. The molecule has 10 heteroatoms. The number of hydrogen-bond donors (Lipinski definition) is 1. The van der Waals surface area contributed by atoms with Crippen molar-refractivity contribution in [2.24, 2.45) is 0 Å². The molecule has 0 spiro atoms. The molecule has 2 heterocycles. The van der Waals surface area contributed by atoms with Crippen LogP contribution >= 0.6 is 23.4 Å². The van der Waals surface area contributed by atoms with Crippen LogP contribution in [-0.4, -0.2) is 38.0 Å². The molecule has 0 bridgehead atoms. The summed E-state index contributed by atoms with van der Waals surface area (Å²) < 4.78 is 6.87. The van der Waals surface area contributed by atoms with Crippen molar-refractivity contribution in [2.75, 3.05) is 7.11 Å². The molecule has 2 aromatic carbocycles. The number of carbonyl (C=O) groups excluding carboxylic acids is 1. The van der Waals surface area contributed by atoms with Gasteiger partial charge in [-0.15, -0.1) is 5.10 Å². The van der Waals surface area contributed by atoms with Crippen LogP contribution in [0.5, 0.6) is 5.75 Å². The van der Waals surface area contributed by atoms with Crippen LogP contribution in [0.4, 0.5) is 0 Å². The Labute approximate surface area is 194 Å². The lowest BCUT2D eigenvalue weighted by atomic mass is 10.2. The summed E-state index contributed by atoms with van der Waals surface area (Å²) in [6.45, 7) is 0.347. The van der Waals surface area contributed by atoms with Gasteiger partial charge in [-0.05, 0) is 48.0 Å². The molecule has 0 unspecified atom stereocenters. The van der Waals surface area contributed by atoms with Gasteiger partial charge in [0.2, 0.25) is 0 Å². The Morgan fingerprint density at radius 3 is 2.50 bits per heavy atom. The van der Waals surface area contributed by atoms with Gasteiger partial charge in [-0.3, -0.25) is 4.79 Å². The van der Waals surface area contributed by atoms with Crippen LogP contribution in [0, 0.1) is 0 Å². The number of hydrogen-bond acceptors (Lipinski definition) is 7. The number of amides is 1. The smallest absolute Gasteiger partial charge is 0.274 e. The number of aromatic nitrogens is 5. The van der Waals surface area contributed by atoms with E-state index < -0.39 is 0 Å². The summed E-state index contributed by atoms with van der Waals surface area (Å²) in [5.74, 6) is 0.819. The molecule has 0 aliphatic rings. The molecule has 0 fully saturated rings. The second-order valence-electron chi connectivity index (χ2n) is 6.62. The van der Waals surface area contributed by atoms with Crippen LogP contribution in [0.15, 0.2) is 72.1 Å². The summed E-state index contributed by atoms with van der Waals surface area (Å²) >= 11 is 7.33. The highest BCUT2D eigenvalue weighted by Gasteiger charge is 2.21. The van der Waals surface area contributed by atoms with E-state index in [9.17, 15) is 4.79 Å². The second kappa shape index (κ2) is 10.3. The highest BCUT2D eigenvalue weighted by atomic mass is 35.5. The van der Waals surface area contributed by atoms with E-state index >= 15 is 0 Å². The summed E-state index contributed by atoms with van der Waals surface area (Å²) in [5, 5.41) is 12.5. The molecular weight excluding hydrogens is 448 g/mol. The van der Waals surface area contributed by atoms with Crippen LogP contribution in [0.2, 0.25) is 5.02 Å². The van der Waals surface area contributed by atoms with Gasteiger partial charge in [0.15, 0.2) is 10.9 Å². The van der Waals surface area contributed by atoms with Crippen molar-refractivity contribution in [3.8, 4) is 11.4 Å². The molecule has 0 atom stereocenters. The van der Waals surface area contributed by atoms with Gasteiger partial charge in [0.1, 0.15) is 5.75 Å². The van der Waals surface area contributed by atoms with Crippen LogP contribution in [0.3, 0.4) is 0 Å². The second-order valence-corrected chi connectivity index (χ2v) is 8.00. The molecule has 1 N–H and O–H groups in total. The van der Waals surface area contributed by atoms with Crippen molar-refractivity contribution in [1.82, 2.24) is 30.3 Å². The maximum Gasteiger partial charge on any atom is 0.274 e. The van der Waals surface area contributed by atoms with Crippen molar-refractivity contribution in [3.05, 3.63) is 89.0 Å². The first-order chi connectivity index (χ1) is 15.6. The SMILES string of the molecule is COc1ccc(-n2nnc(C(=O)NCc3ccc(Cl)cc3)c2CSc2ncccn2)cc1. The predicted molar refractivity (Wildman–Crippen MR) is 122 cm³/mol. The summed E-state index contributed by atoms with van der Waals surface area (Å²) in [6.07, 6.45) is 3.35. The first kappa shape index (κ1) is 21.8. The van der Waals surface area contributed by atoms with E-state index in [1.165, 1.54) is 11.8 Å². The van der Waals surface area contributed by atoms with E-state index in [2.05, 4.69) is 25.6 Å². The van der Waals surface area contributed by atoms with Crippen LogP contribution < -0.4 is 10.1 Å². The Bertz CT molecular complexity index is 1180. The van der Waals surface area contributed by atoms with Crippen molar-refractivity contribution >= 4 is 29.3 Å². The van der Waals surface area contributed by atoms with E-state index in [0.29, 0.717) is 28.2 Å². The van der Waals surface area contributed by atoms with Gasteiger partial charge in [-0.1, -0.05) is 40.7 Å². The third-order valence-electron chi connectivity index (χ3n) is 4.54. The molecule has 0 aliphatic heterocycles. The third-order valence-corrected chi connectivity index (χ3v) is 5.68. The fraction of sp³-hybridized carbons (Fsp3) is 0.136. The number of thioether (sulfide) groups is 1. The minimum absolute atomic E-state index is 0.248. The van der Waals surface area contributed by atoms with Gasteiger partial charge in [0, 0.05) is 29.7 Å². The van der Waals surface area contributed by atoms with Gasteiger partial charge >= 0.3 is 0 Å². The zero-order chi connectivity index (χ0) is 22.3. The maximum absolute atomic E-state index is 12.9. The van der Waals surface area contributed by atoms with E-state index in [1.807, 2.05) is 36.4 Å². The molecule has 162 valence electrons. The van der Waals surface area contributed by atoms with E-state index in [0.717, 1.165) is 17.0 Å². The highest BCUT2D eigenvalue weighted by molar-refractivity contribution is 7.98. The number of halogens is 1. The molecular formula is C22H19ClN6O2S. The molecule has 4 rings (SSSR count). The standard InChI is InChI=1S/C22H19ClN6O2S/c1-31-18-9-7-17(8-10-18)29-19(14-32-22-24-11-2-12-25-22)20(27-28-29)21(30)26-13-15-3-5-16(23)6-4-15/h2-12H,13-14H2,1H3,(H,26,30). The minimum atomic E-state index is -0.315. The van der Waals surface area contributed by atoms with Crippen LogP contribution in [-0.2, 0) is 12.3 Å². The Balaban J connectivity index is 1.58. The van der Waals surface area contributed by atoms with Crippen molar-refractivity contribution in [1.29, 1.82) is 0 Å². The lowest BCUT2D eigenvalue weighted by molar-refractivity contribution is 0.0945. The number of rotatable bonds is 8. The molecule has 0 saturated heterocycles. The number of carbonyl (C=O) groups is 1. The minimum Gasteiger partial charge on any atom is -0.497 e. The molecule has 32 heavy (non-hydrogen) atoms. The van der Waals surface area contributed by atoms with Crippen LogP contribution in [0.25, 0.3) is 5.69 Å². The van der Waals surface area contributed by atoms with E-state index in [-0.39, 0.29) is 11.6 Å². The third kappa shape index (κ3) is 5.24. The molecule has 1 amide bonds. The average molecular weight is 467 g/mol. The van der Waals surface area contributed by atoms with Gasteiger partial charge in [0.05, 0.1) is 18.5 Å². The van der Waals surface area contributed by atoms with Crippen molar-refractivity contribution < 1.29 is 9.53 Å². The summed E-state index contributed by atoms with van der Waals surface area (Å²) in [4.78, 5) is 21.4. The number of ether oxygens (including phenoxy) is 1. The molecule has 4 aromatic rings. The molecule has 8 nitrogen and oxygen atoms in total. The fourth-order valence-corrected chi connectivity index (χ4v) is 3.82. The zero-order valence-electron chi connectivity index (χ0n) is 17.1. The normalized spacial score (nSPS) is 10.7. The largest absolute Gasteiger partial charge is 0.497 e. The maximum atomic E-state index is 12.9. The zero-order valence-corrected chi connectivity index (χ0v) is 18.7. The Morgan fingerprint density at radius 1 is 1.09 bits per heavy atom. The van der Waals surface area contributed by atoms with Gasteiger partial charge in [-0.25, -0.2) is 14.6 Å². The summed E-state index contributed by atoms with van der Waals surface area (Å²) in [7, 11) is 1.61. The monoisotopic (exact) mass is 466 g/mol. The molecule has 0 aliphatic carbocycles. The number of methoxy groups -OCH3 is 1. The van der Waals surface area contributed by atoms with Gasteiger partial charge in [0.25, 0.3) is 5.91 Å². The van der Waals surface area contributed by atoms with Crippen molar-refractivity contribution in [2.45, 2.75) is 17.5 Å². The number of nitrogens with zero attached hydrogens (tertiary/aromatic N) is 5. The van der Waals surface area contributed by atoms with Crippen molar-refractivity contribution in [3.63, 3.8) is 0 Å². The van der Waals surface area contributed by atoms with Crippen LogP contribution in [0.1, 0.15) is 21.7 Å². The Hall–Kier alpha value is -3.43. The molecule has 0 saturated carbocycles. The lowest BCUT2D eigenvalue weighted by Gasteiger charge is -2.09. The molecule has 0 radical (unpaired) electrons. The highest BCUT2D eigenvalue weighted by Crippen LogP contribution is 2.24. The molecule has 2 aromatic heterocycles. The first-order valence-electron chi connectivity index (χ1n) is 9.65. The fourth-order valence-electron chi connectivity index (χ4n) is 2.90. The van der Waals surface area contributed by atoms with E-state index in [1.54, 1.807) is 42.4 Å². The average Bonchev–Trinajstić information content (AvgIpc) is 3.27. The lowest BCUT2D eigenvalue weighted by Crippen LogP contribution is -2.24. The first-order valence-corrected chi connectivity index (χ1v) is 11.0. The quantitative estimate of drug-likeness (QED) is 0.310. The van der Waals surface area contributed by atoms with Gasteiger partial charge in [-0.2, -0.15) is 0 Å². The number of nitrogens with one attached hydrogen (secondary N) is 1. The van der Waals surface area contributed by atoms with Gasteiger partial charge < -0.3 is 10.1 Å². The Morgan fingerprint density at radius 2 is 1.81 bits per heavy atom. The summed E-state index contributed by atoms with van der Waals surface area (Å²) in [6, 6.07) is 16.4. The number of benzene rings is 2. The predicted octanol–water partition coefficient (Wildman–Crippen LogP) is 3.94. The van der Waals surface area contributed by atoms with E-state index in [4.69, 9.17) is 16.3 Å². The topological polar surface area (TPSA) is 94.8 Å².